The number of amidine groups is 2. The summed E-state index contributed by atoms with van der Waals surface area (Å²) in [6.07, 6.45) is 1.40. The SMILES string of the molecule is CCS(=O)(=O)C1=NN2C(=N)/C(=C\c3ccc(OC(=O)c4cccc(OC)c4)c(OC)c3)C(=O)N=C2S1. The van der Waals surface area contributed by atoms with E-state index in [-0.39, 0.29) is 43.8 Å². The molecule has 2 aliphatic rings. The summed E-state index contributed by atoms with van der Waals surface area (Å²) in [4.78, 5) is 29.1. The minimum Gasteiger partial charge on any atom is -0.497 e. The van der Waals surface area contributed by atoms with E-state index in [2.05, 4.69) is 10.1 Å². The third-order valence-electron chi connectivity index (χ3n) is 5.09. The van der Waals surface area contributed by atoms with Crippen molar-refractivity contribution in [3.05, 3.63) is 59.2 Å². The molecule has 1 N–H and O–H groups in total. The molecule has 4 rings (SSSR count). The molecule has 0 fully saturated rings. The molecule has 0 saturated heterocycles. The molecule has 36 heavy (non-hydrogen) atoms. The summed E-state index contributed by atoms with van der Waals surface area (Å²) in [6, 6.07) is 11.1. The number of methoxy groups -OCH3 is 2. The van der Waals surface area contributed by atoms with Crippen LogP contribution in [-0.2, 0) is 14.6 Å². The summed E-state index contributed by atoms with van der Waals surface area (Å²) in [7, 11) is -0.738. The van der Waals surface area contributed by atoms with E-state index in [4.69, 9.17) is 19.6 Å². The Kier molecular flexibility index (Phi) is 6.95. The largest absolute Gasteiger partial charge is 0.497 e. The van der Waals surface area contributed by atoms with Crippen LogP contribution in [-0.4, -0.2) is 60.7 Å². The van der Waals surface area contributed by atoms with Crippen molar-refractivity contribution < 1.29 is 32.2 Å². The van der Waals surface area contributed by atoms with Gasteiger partial charge in [0.15, 0.2) is 17.3 Å². The average Bonchev–Trinajstić information content (AvgIpc) is 3.32. The van der Waals surface area contributed by atoms with Gasteiger partial charge in [0.2, 0.25) is 19.4 Å². The smallest absolute Gasteiger partial charge is 0.343 e. The number of thioether (sulfide) groups is 1. The van der Waals surface area contributed by atoms with E-state index in [1.807, 2.05) is 0 Å². The van der Waals surface area contributed by atoms with Gasteiger partial charge in [-0.25, -0.2) is 13.2 Å². The maximum atomic E-state index is 12.6. The number of nitrogens with zero attached hydrogens (tertiary/aromatic N) is 3. The first-order chi connectivity index (χ1) is 17.2. The van der Waals surface area contributed by atoms with Crippen LogP contribution in [0, 0.1) is 5.41 Å². The second-order valence-electron chi connectivity index (χ2n) is 7.32. The fourth-order valence-electron chi connectivity index (χ4n) is 3.16. The van der Waals surface area contributed by atoms with Gasteiger partial charge in [-0.05, 0) is 53.7 Å². The number of esters is 1. The number of aliphatic imine (C=N–C) groups is 1. The number of hydrazone groups is 1. The Hall–Kier alpha value is -3.97. The lowest BCUT2D eigenvalue weighted by Crippen LogP contribution is -2.35. The van der Waals surface area contributed by atoms with Crippen molar-refractivity contribution in [3.8, 4) is 17.2 Å². The number of hydrogen-bond acceptors (Lipinski definition) is 10. The van der Waals surface area contributed by atoms with Crippen LogP contribution in [0.3, 0.4) is 0 Å². The van der Waals surface area contributed by atoms with E-state index < -0.39 is 21.7 Å². The van der Waals surface area contributed by atoms with Crippen molar-refractivity contribution in [2.24, 2.45) is 10.1 Å². The number of sulfone groups is 1. The molecular formula is C23H20N4O7S2. The summed E-state index contributed by atoms with van der Waals surface area (Å²) in [5, 5.41) is 13.4. The van der Waals surface area contributed by atoms with Gasteiger partial charge in [-0.3, -0.25) is 10.2 Å². The maximum Gasteiger partial charge on any atom is 0.343 e. The van der Waals surface area contributed by atoms with Gasteiger partial charge in [-0.2, -0.15) is 10.0 Å². The summed E-state index contributed by atoms with van der Waals surface area (Å²) in [5.41, 5.74) is 0.643. The van der Waals surface area contributed by atoms with Crippen molar-refractivity contribution in [1.82, 2.24) is 5.01 Å². The number of ether oxygens (including phenoxy) is 3. The van der Waals surface area contributed by atoms with Gasteiger partial charge in [-0.15, -0.1) is 5.10 Å². The topological polar surface area (TPSA) is 148 Å². The van der Waals surface area contributed by atoms with Crippen LogP contribution in [0.4, 0.5) is 0 Å². The third kappa shape index (κ3) is 4.88. The summed E-state index contributed by atoms with van der Waals surface area (Å²) < 4.78 is 40.0. The molecule has 0 radical (unpaired) electrons. The molecule has 11 nitrogen and oxygen atoms in total. The lowest BCUT2D eigenvalue weighted by Gasteiger charge is -2.20. The van der Waals surface area contributed by atoms with E-state index in [0.29, 0.717) is 11.3 Å². The predicted molar refractivity (Wildman–Crippen MR) is 135 cm³/mol. The van der Waals surface area contributed by atoms with Gasteiger partial charge in [0.05, 0.1) is 31.1 Å². The first kappa shape index (κ1) is 25.1. The Labute approximate surface area is 210 Å². The molecule has 0 aliphatic carbocycles. The Balaban J connectivity index is 1.60. The molecule has 0 saturated carbocycles. The molecule has 2 heterocycles. The van der Waals surface area contributed by atoms with E-state index in [1.54, 1.807) is 30.3 Å². The quantitative estimate of drug-likeness (QED) is 0.339. The maximum absolute atomic E-state index is 12.6. The monoisotopic (exact) mass is 528 g/mol. The first-order valence-electron chi connectivity index (χ1n) is 10.4. The molecule has 2 aromatic carbocycles. The van der Waals surface area contributed by atoms with Crippen LogP contribution in [0.1, 0.15) is 22.8 Å². The number of nitrogens with one attached hydrogen (secondary N) is 1. The van der Waals surface area contributed by atoms with E-state index >= 15 is 0 Å². The Morgan fingerprint density at radius 3 is 2.61 bits per heavy atom. The van der Waals surface area contributed by atoms with E-state index in [1.165, 1.54) is 39.4 Å². The molecule has 2 aliphatic heterocycles. The second kappa shape index (κ2) is 9.95. The lowest BCUT2D eigenvalue weighted by molar-refractivity contribution is -0.114. The molecule has 0 spiro atoms. The zero-order valence-electron chi connectivity index (χ0n) is 19.3. The molecule has 13 heteroatoms. The van der Waals surface area contributed by atoms with Crippen LogP contribution in [0.25, 0.3) is 6.08 Å². The number of carbonyl (C=O) groups is 2. The molecule has 1 amide bonds. The molecule has 0 atom stereocenters. The van der Waals surface area contributed by atoms with Crippen LogP contribution in [0.15, 0.2) is 58.1 Å². The number of rotatable bonds is 6. The highest BCUT2D eigenvalue weighted by molar-refractivity contribution is 8.42. The number of fused-ring (bicyclic) bond motifs is 1. The van der Waals surface area contributed by atoms with Crippen molar-refractivity contribution in [2.75, 3.05) is 20.0 Å². The highest BCUT2D eigenvalue weighted by atomic mass is 32.3. The van der Waals surface area contributed by atoms with Crippen LogP contribution in [0.2, 0.25) is 0 Å². The van der Waals surface area contributed by atoms with Crippen molar-refractivity contribution in [2.45, 2.75) is 6.92 Å². The Morgan fingerprint density at radius 1 is 1.14 bits per heavy atom. The third-order valence-corrected chi connectivity index (χ3v) is 8.18. The lowest BCUT2D eigenvalue weighted by atomic mass is 10.1. The zero-order chi connectivity index (χ0) is 26.0. The standard InChI is InChI=1S/C23H20N4O7S2/c1-4-36(30,31)23-26-27-19(24)16(20(28)25-22(27)35-23)10-13-8-9-17(18(11-13)33-3)34-21(29)14-6-5-7-15(12-14)32-2/h5-12,24H,4H2,1-3H3/b16-10+,24-19?. The average molecular weight is 529 g/mol. The highest BCUT2D eigenvalue weighted by Gasteiger charge is 2.39. The van der Waals surface area contributed by atoms with Gasteiger partial charge >= 0.3 is 5.97 Å². The summed E-state index contributed by atoms with van der Waals surface area (Å²) >= 11 is 0.729. The summed E-state index contributed by atoms with van der Waals surface area (Å²) in [5.74, 6) is -0.949. The molecular weight excluding hydrogens is 508 g/mol. The van der Waals surface area contributed by atoms with Crippen molar-refractivity contribution >= 4 is 54.9 Å². The van der Waals surface area contributed by atoms with E-state index in [9.17, 15) is 18.0 Å². The number of hydrogen-bond donors (Lipinski definition) is 1. The number of amides is 1. The molecule has 0 aromatic heterocycles. The number of carbonyl (C=O) groups excluding carboxylic acids is 2. The van der Waals surface area contributed by atoms with Crippen LogP contribution >= 0.6 is 11.8 Å². The van der Waals surface area contributed by atoms with Crippen molar-refractivity contribution in [1.29, 1.82) is 5.41 Å². The van der Waals surface area contributed by atoms with Crippen LogP contribution in [0.5, 0.6) is 17.2 Å². The Morgan fingerprint density at radius 2 is 1.92 bits per heavy atom. The highest BCUT2D eigenvalue weighted by Crippen LogP contribution is 2.33. The van der Waals surface area contributed by atoms with E-state index in [0.717, 1.165) is 16.8 Å². The second-order valence-corrected chi connectivity index (χ2v) is 10.7. The normalized spacial score (nSPS) is 16.4. The zero-order valence-corrected chi connectivity index (χ0v) is 21.0. The first-order valence-corrected chi connectivity index (χ1v) is 12.9. The van der Waals surface area contributed by atoms with Gasteiger partial charge < -0.3 is 14.2 Å². The molecule has 2 aromatic rings. The predicted octanol–water partition coefficient (Wildman–Crippen LogP) is 2.93. The van der Waals surface area contributed by atoms with Crippen molar-refractivity contribution in [3.63, 3.8) is 0 Å². The van der Waals surface area contributed by atoms with Gasteiger partial charge in [0.1, 0.15) is 5.75 Å². The fourth-order valence-corrected chi connectivity index (χ4v) is 5.32. The summed E-state index contributed by atoms with van der Waals surface area (Å²) in [6.45, 7) is 1.48. The minimum absolute atomic E-state index is 0.00607. The molecule has 0 unspecified atom stereocenters. The molecule has 186 valence electrons. The van der Waals surface area contributed by atoms with Crippen LogP contribution < -0.4 is 14.2 Å². The minimum atomic E-state index is -3.62. The van der Waals surface area contributed by atoms with Gasteiger partial charge in [-0.1, -0.05) is 19.1 Å². The Bertz CT molecular complexity index is 1480. The van der Waals surface area contributed by atoms with Gasteiger partial charge in [0, 0.05) is 0 Å². The number of benzene rings is 2. The molecule has 0 bridgehead atoms. The van der Waals surface area contributed by atoms with Gasteiger partial charge in [0.25, 0.3) is 5.91 Å². The fraction of sp³-hybridized carbons (Fsp3) is 0.174.